The minimum atomic E-state index is -0.550. The second-order valence-electron chi connectivity index (χ2n) is 4.55. The summed E-state index contributed by atoms with van der Waals surface area (Å²) in [5.41, 5.74) is 0.221. The van der Waals surface area contributed by atoms with E-state index in [1.165, 1.54) is 18.1 Å². The zero-order valence-electron chi connectivity index (χ0n) is 10.8. The molecule has 0 radical (unpaired) electrons. The molecule has 0 saturated carbocycles. The number of carbonyl (C=O) groups is 2. The molecule has 1 aromatic rings. The third-order valence-corrected chi connectivity index (χ3v) is 3.37. The van der Waals surface area contributed by atoms with Crippen molar-refractivity contribution in [3.8, 4) is 5.75 Å². The van der Waals surface area contributed by atoms with Crippen LogP contribution in [0.3, 0.4) is 0 Å². The Morgan fingerprint density at radius 3 is 2.74 bits per heavy atom. The van der Waals surface area contributed by atoms with Crippen LogP contribution in [0.2, 0.25) is 0 Å². The molecule has 1 aliphatic rings. The Labute approximate surface area is 111 Å². The number of piperidine rings is 1. The van der Waals surface area contributed by atoms with Crippen LogP contribution in [0.5, 0.6) is 5.75 Å². The zero-order chi connectivity index (χ0) is 13.8. The highest BCUT2D eigenvalue weighted by Crippen LogP contribution is 2.24. The van der Waals surface area contributed by atoms with Gasteiger partial charge in [-0.2, -0.15) is 0 Å². The molecule has 0 bridgehead atoms. The summed E-state index contributed by atoms with van der Waals surface area (Å²) in [4.78, 5) is 25.6. The van der Waals surface area contributed by atoms with Crippen LogP contribution in [0.15, 0.2) is 24.3 Å². The van der Waals surface area contributed by atoms with E-state index >= 15 is 0 Å². The van der Waals surface area contributed by atoms with Gasteiger partial charge >= 0.3 is 5.97 Å². The van der Waals surface area contributed by atoms with Crippen molar-refractivity contribution in [2.45, 2.75) is 25.3 Å². The molecule has 1 aliphatic heterocycles. The predicted molar refractivity (Wildman–Crippen MR) is 68.8 cm³/mol. The number of amides is 1. The molecule has 0 spiro atoms. The van der Waals surface area contributed by atoms with E-state index in [2.05, 4.69) is 0 Å². The molecule has 1 amide bonds. The van der Waals surface area contributed by atoms with E-state index in [-0.39, 0.29) is 17.2 Å². The standard InChI is InChI=1S/C14H17NO4/c1-19-14(18)11-7-4-5-9-15(11)13(17)10-6-2-3-8-12(10)16/h2-3,6,8,11,16H,4-5,7,9H2,1H3/t11-/m1/s1. The summed E-state index contributed by atoms with van der Waals surface area (Å²) < 4.78 is 4.74. The van der Waals surface area contributed by atoms with E-state index in [9.17, 15) is 14.7 Å². The Morgan fingerprint density at radius 2 is 2.05 bits per heavy atom. The number of likely N-dealkylation sites (tertiary alicyclic amines) is 1. The lowest BCUT2D eigenvalue weighted by Crippen LogP contribution is -2.48. The maximum absolute atomic E-state index is 12.4. The van der Waals surface area contributed by atoms with E-state index in [1.807, 2.05) is 0 Å². The second-order valence-corrected chi connectivity index (χ2v) is 4.55. The Hall–Kier alpha value is -2.04. The zero-order valence-corrected chi connectivity index (χ0v) is 10.8. The predicted octanol–water partition coefficient (Wildman–Crippen LogP) is 1.56. The average molecular weight is 263 g/mol. The number of para-hydroxylation sites is 1. The van der Waals surface area contributed by atoms with Gasteiger partial charge < -0.3 is 14.7 Å². The molecule has 1 saturated heterocycles. The third-order valence-electron chi connectivity index (χ3n) is 3.37. The average Bonchev–Trinajstić information content (AvgIpc) is 2.46. The van der Waals surface area contributed by atoms with Crippen LogP contribution in [-0.2, 0) is 9.53 Å². The van der Waals surface area contributed by atoms with Gasteiger partial charge in [-0.1, -0.05) is 12.1 Å². The first-order chi connectivity index (χ1) is 9.15. The highest BCUT2D eigenvalue weighted by molar-refractivity contribution is 5.99. The number of phenolic OH excluding ortho intramolecular Hbond substituents is 1. The Bertz CT molecular complexity index is 486. The Balaban J connectivity index is 2.25. The van der Waals surface area contributed by atoms with Crippen molar-refractivity contribution in [1.29, 1.82) is 0 Å². The number of methoxy groups -OCH3 is 1. The first-order valence-corrected chi connectivity index (χ1v) is 6.32. The van der Waals surface area contributed by atoms with Crippen molar-refractivity contribution >= 4 is 11.9 Å². The maximum Gasteiger partial charge on any atom is 0.328 e. The summed E-state index contributed by atoms with van der Waals surface area (Å²) >= 11 is 0. The SMILES string of the molecule is COC(=O)[C@H]1CCCCN1C(=O)c1ccccc1O. The quantitative estimate of drug-likeness (QED) is 0.822. The van der Waals surface area contributed by atoms with Crippen LogP contribution in [-0.4, -0.2) is 41.6 Å². The maximum atomic E-state index is 12.4. The minimum absolute atomic E-state index is 0.0679. The number of aromatic hydroxyl groups is 1. The van der Waals surface area contributed by atoms with Gasteiger partial charge in [0.25, 0.3) is 5.91 Å². The summed E-state index contributed by atoms with van der Waals surface area (Å²) in [5, 5.41) is 9.73. The number of esters is 1. The van der Waals surface area contributed by atoms with Crippen LogP contribution in [0.1, 0.15) is 29.6 Å². The highest BCUT2D eigenvalue weighted by Gasteiger charge is 2.33. The van der Waals surface area contributed by atoms with Crippen molar-refractivity contribution in [2.75, 3.05) is 13.7 Å². The molecule has 1 heterocycles. The van der Waals surface area contributed by atoms with Crippen molar-refractivity contribution in [3.63, 3.8) is 0 Å². The molecule has 5 nitrogen and oxygen atoms in total. The summed E-state index contributed by atoms with van der Waals surface area (Å²) in [7, 11) is 1.32. The van der Waals surface area contributed by atoms with E-state index in [1.54, 1.807) is 18.2 Å². The van der Waals surface area contributed by atoms with Gasteiger partial charge in [0.05, 0.1) is 12.7 Å². The highest BCUT2D eigenvalue weighted by atomic mass is 16.5. The summed E-state index contributed by atoms with van der Waals surface area (Å²) in [6.45, 7) is 0.507. The Morgan fingerprint density at radius 1 is 1.32 bits per heavy atom. The lowest BCUT2D eigenvalue weighted by Gasteiger charge is -2.33. The summed E-state index contributed by atoms with van der Waals surface area (Å²) in [6.07, 6.45) is 2.35. The van der Waals surface area contributed by atoms with Crippen molar-refractivity contribution in [3.05, 3.63) is 29.8 Å². The first-order valence-electron chi connectivity index (χ1n) is 6.32. The molecule has 1 N–H and O–H groups in total. The number of ether oxygens (including phenoxy) is 1. The van der Waals surface area contributed by atoms with Crippen LogP contribution < -0.4 is 0 Å². The molecular formula is C14H17NO4. The number of nitrogens with zero attached hydrogens (tertiary/aromatic N) is 1. The molecule has 5 heteroatoms. The van der Waals surface area contributed by atoms with Gasteiger partial charge in [-0.25, -0.2) is 4.79 Å². The first kappa shape index (κ1) is 13.4. The van der Waals surface area contributed by atoms with Gasteiger partial charge in [-0.3, -0.25) is 4.79 Å². The lowest BCUT2D eigenvalue weighted by molar-refractivity contribution is -0.147. The van der Waals surface area contributed by atoms with Crippen molar-refractivity contribution < 1.29 is 19.4 Å². The monoisotopic (exact) mass is 263 g/mol. The molecule has 1 fully saturated rings. The third kappa shape index (κ3) is 2.70. The Kier molecular flexibility index (Phi) is 4.04. The summed E-state index contributed by atoms with van der Waals surface area (Å²) in [6, 6.07) is 5.81. The fourth-order valence-corrected chi connectivity index (χ4v) is 2.36. The number of phenols is 1. The molecule has 1 aromatic carbocycles. The second kappa shape index (κ2) is 5.73. The van der Waals surface area contributed by atoms with Crippen molar-refractivity contribution in [2.24, 2.45) is 0 Å². The lowest BCUT2D eigenvalue weighted by atomic mass is 10.0. The fraction of sp³-hybridized carbons (Fsp3) is 0.429. The summed E-state index contributed by atoms with van der Waals surface area (Å²) in [5.74, 6) is -0.793. The van der Waals surface area contributed by atoms with Gasteiger partial charge in [0.1, 0.15) is 11.8 Å². The molecule has 2 rings (SSSR count). The largest absolute Gasteiger partial charge is 0.507 e. The molecule has 19 heavy (non-hydrogen) atoms. The van der Waals surface area contributed by atoms with Gasteiger partial charge in [0.2, 0.25) is 0 Å². The molecule has 0 aromatic heterocycles. The van der Waals surface area contributed by atoms with Gasteiger partial charge in [0.15, 0.2) is 0 Å². The van der Waals surface area contributed by atoms with E-state index < -0.39 is 12.0 Å². The number of hydrogen-bond acceptors (Lipinski definition) is 4. The van der Waals surface area contributed by atoms with Gasteiger partial charge in [0, 0.05) is 6.54 Å². The van der Waals surface area contributed by atoms with Crippen LogP contribution >= 0.6 is 0 Å². The van der Waals surface area contributed by atoms with E-state index in [0.717, 1.165) is 12.8 Å². The van der Waals surface area contributed by atoms with Gasteiger partial charge in [-0.05, 0) is 31.4 Å². The number of carbonyl (C=O) groups excluding carboxylic acids is 2. The van der Waals surface area contributed by atoms with Gasteiger partial charge in [-0.15, -0.1) is 0 Å². The molecule has 0 unspecified atom stereocenters. The molecule has 102 valence electrons. The normalized spacial score (nSPS) is 19.0. The smallest absolute Gasteiger partial charge is 0.328 e. The van der Waals surface area contributed by atoms with Crippen LogP contribution in [0.25, 0.3) is 0 Å². The number of hydrogen-bond donors (Lipinski definition) is 1. The number of rotatable bonds is 2. The van der Waals surface area contributed by atoms with Crippen molar-refractivity contribution in [1.82, 2.24) is 4.90 Å². The number of benzene rings is 1. The molecule has 1 atom stereocenters. The topological polar surface area (TPSA) is 66.8 Å². The molecule has 0 aliphatic carbocycles. The molecular weight excluding hydrogens is 246 g/mol. The fourth-order valence-electron chi connectivity index (χ4n) is 2.36. The van der Waals surface area contributed by atoms with E-state index in [0.29, 0.717) is 13.0 Å². The van der Waals surface area contributed by atoms with E-state index in [4.69, 9.17) is 4.74 Å². The van der Waals surface area contributed by atoms with Crippen LogP contribution in [0, 0.1) is 0 Å². The van der Waals surface area contributed by atoms with Crippen LogP contribution in [0.4, 0.5) is 0 Å². The minimum Gasteiger partial charge on any atom is -0.507 e.